The number of hydrogen-bond acceptors (Lipinski definition) is 2. The fourth-order valence-corrected chi connectivity index (χ4v) is 2.23. The van der Waals surface area contributed by atoms with E-state index in [2.05, 4.69) is 0 Å². The maximum atomic E-state index is 10.9. The highest BCUT2D eigenvalue weighted by molar-refractivity contribution is 7.52. The molecule has 0 aromatic heterocycles. The summed E-state index contributed by atoms with van der Waals surface area (Å²) >= 11 is 0. The fourth-order valence-electron chi connectivity index (χ4n) is 1.11. The average Bonchev–Trinajstić information content (AvgIpc) is 1.84. The molecular weight excluding hydrogens is 177 g/mol. The van der Waals surface area contributed by atoms with Crippen LogP contribution in [0, 0.1) is 0 Å². The van der Waals surface area contributed by atoms with Crippen LogP contribution in [0.3, 0.4) is 0 Å². The van der Waals surface area contributed by atoms with E-state index in [0.29, 0.717) is 6.42 Å². The third-order valence-corrected chi connectivity index (χ3v) is 3.30. The largest absolute Gasteiger partial charge is 0.342 e. The van der Waals surface area contributed by atoms with E-state index >= 15 is 0 Å². The molecule has 4 nitrogen and oxygen atoms in total. The second-order valence-corrected chi connectivity index (χ2v) is 4.95. The summed E-state index contributed by atoms with van der Waals surface area (Å²) in [7, 11) is -0.548. The Morgan fingerprint density at radius 2 is 1.92 bits per heavy atom. The first-order valence-electron chi connectivity index (χ1n) is 4.11. The van der Waals surface area contributed by atoms with E-state index in [9.17, 15) is 4.57 Å². The Bertz CT molecular complexity index is 166. The molecule has 2 N–H and O–H groups in total. The van der Waals surface area contributed by atoms with Crippen molar-refractivity contribution in [1.82, 2.24) is 4.90 Å². The van der Waals surface area contributed by atoms with Gasteiger partial charge >= 0.3 is 7.60 Å². The molecule has 0 aliphatic heterocycles. The highest BCUT2D eigenvalue weighted by Gasteiger charge is 2.29. The first kappa shape index (κ1) is 12.1. The van der Waals surface area contributed by atoms with Crippen LogP contribution in [0.1, 0.15) is 26.2 Å². The standard InChI is InChI=1S/C7H18NO3P/c1-4-5-6-7(8(2)3)12(9,10)11/h7H,4-6H2,1-3H3,(H2,9,10,11)/t7-/m1/s1. The molecule has 0 aromatic rings. The molecule has 0 amide bonds. The minimum atomic E-state index is -3.94. The predicted octanol–water partition coefficient (Wildman–Crippen LogP) is 1.24. The lowest BCUT2D eigenvalue weighted by atomic mass is 10.2. The van der Waals surface area contributed by atoms with Crippen LogP contribution >= 0.6 is 7.60 Å². The van der Waals surface area contributed by atoms with E-state index in [1.54, 1.807) is 19.0 Å². The Hall–Kier alpha value is 0.110. The number of rotatable bonds is 5. The summed E-state index contributed by atoms with van der Waals surface area (Å²) in [5.74, 6) is -0.613. The second-order valence-electron chi connectivity index (χ2n) is 3.18. The normalized spacial score (nSPS) is 15.2. The maximum absolute atomic E-state index is 10.9. The van der Waals surface area contributed by atoms with Crippen molar-refractivity contribution in [2.75, 3.05) is 14.1 Å². The van der Waals surface area contributed by atoms with Crippen LogP contribution in [0.15, 0.2) is 0 Å². The lowest BCUT2D eigenvalue weighted by molar-refractivity contribution is 0.271. The summed E-state index contributed by atoms with van der Waals surface area (Å²) < 4.78 is 10.9. The molecule has 0 radical (unpaired) electrons. The van der Waals surface area contributed by atoms with Gasteiger partial charge in [0.1, 0.15) is 5.78 Å². The van der Waals surface area contributed by atoms with Gasteiger partial charge in [0, 0.05) is 0 Å². The highest BCUT2D eigenvalue weighted by atomic mass is 31.2. The lowest BCUT2D eigenvalue weighted by Gasteiger charge is -2.24. The van der Waals surface area contributed by atoms with Gasteiger partial charge in [0.05, 0.1) is 0 Å². The third-order valence-electron chi connectivity index (χ3n) is 1.80. The van der Waals surface area contributed by atoms with E-state index in [-0.39, 0.29) is 0 Å². The van der Waals surface area contributed by atoms with Crippen molar-refractivity contribution in [2.45, 2.75) is 32.0 Å². The van der Waals surface area contributed by atoms with Crippen LogP contribution < -0.4 is 0 Å². The van der Waals surface area contributed by atoms with Gasteiger partial charge in [-0.15, -0.1) is 0 Å². The third kappa shape index (κ3) is 4.21. The van der Waals surface area contributed by atoms with Gasteiger partial charge in [-0.05, 0) is 20.5 Å². The quantitative estimate of drug-likeness (QED) is 0.648. The Balaban J connectivity index is 4.15. The van der Waals surface area contributed by atoms with Gasteiger partial charge in [0.25, 0.3) is 0 Å². The topological polar surface area (TPSA) is 60.8 Å². The van der Waals surface area contributed by atoms with Gasteiger partial charge in [0.15, 0.2) is 0 Å². The van der Waals surface area contributed by atoms with Crippen molar-refractivity contribution >= 4 is 7.60 Å². The van der Waals surface area contributed by atoms with E-state index in [1.165, 1.54) is 0 Å². The Morgan fingerprint density at radius 1 is 1.42 bits per heavy atom. The molecule has 0 bridgehead atoms. The van der Waals surface area contributed by atoms with Crippen LogP contribution in [0.5, 0.6) is 0 Å². The molecule has 74 valence electrons. The van der Waals surface area contributed by atoms with Gasteiger partial charge in [-0.1, -0.05) is 19.8 Å². The molecule has 12 heavy (non-hydrogen) atoms. The monoisotopic (exact) mass is 195 g/mol. The molecule has 1 atom stereocenters. The van der Waals surface area contributed by atoms with Gasteiger partial charge in [-0.3, -0.25) is 9.46 Å². The summed E-state index contributed by atoms with van der Waals surface area (Å²) in [6.45, 7) is 2.01. The van der Waals surface area contributed by atoms with Crippen LogP contribution in [0.4, 0.5) is 0 Å². The minimum Gasteiger partial charge on any atom is -0.323 e. The van der Waals surface area contributed by atoms with E-state index in [0.717, 1.165) is 12.8 Å². The van der Waals surface area contributed by atoms with Crippen molar-refractivity contribution in [3.63, 3.8) is 0 Å². The molecule has 0 aliphatic rings. The second kappa shape index (κ2) is 4.97. The maximum Gasteiger partial charge on any atom is 0.342 e. The van der Waals surface area contributed by atoms with Crippen molar-refractivity contribution in [3.8, 4) is 0 Å². The van der Waals surface area contributed by atoms with E-state index in [1.807, 2.05) is 6.92 Å². The first-order chi connectivity index (χ1) is 5.39. The van der Waals surface area contributed by atoms with Crippen molar-refractivity contribution in [1.29, 1.82) is 0 Å². The molecule has 0 aromatic carbocycles. The molecule has 0 rings (SSSR count). The zero-order chi connectivity index (χ0) is 9.78. The lowest BCUT2D eigenvalue weighted by Crippen LogP contribution is -2.27. The average molecular weight is 195 g/mol. The molecule has 0 unspecified atom stereocenters. The van der Waals surface area contributed by atoms with Gasteiger partial charge in [-0.2, -0.15) is 0 Å². The van der Waals surface area contributed by atoms with Gasteiger partial charge < -0.3 is 9.79 Å². The molecule has 0 saturated carbocycles. The molecule has 0 heterocycles. The number of nitrogens with zero attached hydrogens (tertiary/aromatic N) is 1. The van der Waals surface area contributed by atoms with Crippen molar-refractivity contribution in [3.05, 3.63) is 0 Å². The summed E-state index contributed by atoms with van der Waals surface area (Å²) in [6.07, 6.45) is 2.38. The Labute approximate surface area is 73.7 Å². The van der Waals surface area contributed by atoms with Crippen LogP contribution in [0.25, 0.3) is 0 Å². The molecule has 5 heteroatoms. The number of hydrogen-bond donors (Lipinski definition) is 2. The smallest absolute Gasteiger partial charge is 0.323 e. The molecule has 0 spiro atoms. The molecular formula is C7H18NO3P. The van der Waals surface area contributed by atoms with Crippen LogP contribution in [-0.2, 0) is 4.57 Å². The van der Waals surface area contributed by atoms with Gasteiger partial charge in [0.2, 0.25) is 0 Å². The first-order valence-corrected chi connectivity index (χ1v) is 5.79. The zero-order valence-corrected chi connectivity index (χ0v) is 8.79. The van der Waals surface area contributed by atoms with Crippen molar-refractivity contribution in [2.24, 2.45) is 0 Å². The van der Waals surface area contributed by atoms with Crippen LogP contribution in [0.2, 0.25) is 0 Å². The fraction of sp³-hybridized carbons (Fsp3) is 1.00. The Morgan fingerprint density at radius 3 is 2.17 bits per heavy atom. The molecule has 0 saturated heterocycles. The van der Waals surface area contributed by atoms with Crippen LogP contribution in [-0.4, -0.2) is 34.6 Å². The Kier molecular flexibility index (Phi) is 5.02. The van der Waals surface area contributed by atoms with E-state index in [4.69, 9.17) is 9.79 Å². The SMILES string of the molecule is CCCC[C@H](N(C)C)P(=O)(O)O. The number of unbranched alkanes of at least 4 members (excludes halogenated alkanes) is 1. The summed E-state index contributed by atoms with van der Waals surface area (Å²) in [4.78, 5) is 19.5. The molecule has 0 fully saturated rings. The van der Waals surface area contributed by atoms with E-state index < -0.39 is 13.4 Å². The van der Waals surface area contributed by atoms with Gasteiger partial charge in [-0.25, -0.2) is 0 Å². The highest BCUT2D eigenvalue weighted by Crippen LogP contribution is 2.44. The van der Waals surface area contributed by atoms with Crippen molar-refractivity contribution < 1.29 is 14.4 Å². The summed E-state index contributed by atoms with van der Waals surface area (Å²) in [5, 5.41) is 0. The zero-order valence-electron chi connectivity index (χ0n) is 7.90. The summed E-state index contributed by atoms with van der Waals surface area (Å²) in [5.41, 5.74) is 0. The predicted molar refractivity (Wildman–Crippen MR) is 49.0 cm³/mol. The molecule has 0 aliphatic carbocycles. The summed E-state index contributed by atoms with van der Waals surface area (Å²) in [6, 6.07) is 0. The minimum absolute atomic E-state index is 0.563.